The van der Waals surface area contributed by atoms with Crippen molar-refractivity contribution in [2.75, 3.05) is 39.9 Å². The smallest absolute Gasteiger partial charge is 0.116 e. The quantitative estimate of drug-likeness (QED) is 0.603. The van der Waals surface area contributed by atoms with Crippen LogP contribution in [0.5, 0.6) is 0 Å². The molecular formula is C26H30N4O2. The molecule has 2 heterocycles. The Balaban J connectivity index is 0.000000913. The molecule has 3 aromatic rings. The van der Waals surface area contributed by atoms with E-state index in [1.54, 1.807) is 0 Å². The van der Waals surface area contributed by atoms with Crippen LogP contribution >= 0.6 is 0 Å². The monoisotopic (exact) mass is 430 g/mol. The third-order valence-electron chi connectivity index (χ3n) is 5.44. The summed E-state index contributed by atoms with van der Waals surface area (Å²) in [5.41, 5.74) is 6.13. The number of hydrogen-bond acceptors (Lipinski definition) is 6. The van der Waals surface area contributed by atoms with E-state index in [1.807, 2.05) is 25.2 Å². The van der Waals surface area contributed by atoms with Gasteiger partial charge in [-0.05, 0) is 56.3 Å². The van der Waals surface area contributed by atoms with Crippen LogP contribution in [-0.4, -0.2) is 56.1 Å². The van der Waals surface area contributed by atoms with Crippen LogP contribution in [0.1, 0.15) is 23.6 Å². The molecule has 1 N–H and O–H groups in total. The number of fused-ring (bicyclic) bond motifs is 1. The fourth-order valence-corrected chi connectivity index (χ4v) is 3.76. The molecule has 32 heavy (non-hydrogen) atoms. The Bertz CT molecular complexity index is 1070. The fourth-order valence-electron chi connectivity index (χ4n) is 3.76. The van der Waals surface area contributed by atoms with E-state index in [1.165, 1.54) is 18.1 Å². The van der Waals surface area contributed by atoms with Crippen LogP contribution in [-0.2, 0) is 22.5 Å². The highest BCUT2D eigenvalue weighted by atomic mass is 16.5. The first-order chi connectivity index (χ1) is 15.7. The van der Waals surface area contributed by atoms with Gasteiger partial charge in [-0.3, -0.25) is 4.90 Å². The number of carbonyl (C=O) groups excluding carboxylic acids is 1. The average Bonchev–Trinajstić information content (AvgIpc) is 2.83. The van der Waals surface area contributed by atoms with Crippen molar-refractivity contribution in [3.05, 3.63) is 65.2 Å². The molecule has 0 radical (unpaired) electrons. The maximum Gasteiger partial charge on any atom is 0.116 e. The average molecular weight is 431 g/mol. The number of pyridine rings is 1. The highest BCUT2D eigenvalue weighted by Crippen LogP contribution is 2.27. The Morgan fingerprint density at radius 1 is 1.16 bits per heavy atom. The van der Waals surface area contributed by atoms with Gasteiger partial charge in [0.05, 0.1) is 36.1 Å². The lowest BCUT2D eigenvalue weighted by atomic mass is 10.0. The van der Waals surface area contributed by atoms with Crippen LogP contribution < -0.4 is 5.32 Å². The number of hydrogen-bond donors (Lipinski definition) is 1. The summed E-state index contributed by atoms with van der Waals surface area (Å²) in [6.07, 6.45) is 1.76. The molecule has 0 bridgehead atoms. The molecule has 1 saturated heterocycles. The largest absolute Gasteiger partial charge is 0.379 e. The predicted molar refractivity (Wildman–Crippen MR) is 127 cm³/mol. The van der Waals surface area contributed by atoms with Crippen molar-refractivity contribution < 1.29 is 9.53 Å². The standard InChI is InChI=1S/C24H26N4O.C2H4O/c1-26-9-8-18-2-5-20(6-3-18)23-15-21(17-28-10-12-29-13-11-28)22-7-4-19(16-25)14-24(22)27-23;1-2-3/h2-7,14-15,26H,8-13,17H2,1H3;2H,1H3. The van der Waals surface area contributed by atoms with E-state index in [2.05, 4.69) is 46.6 Å². The Hall–Kier alpha value is -3.11. The highest BCUT2D eigenvalue weighted by Gasteiger charge is 2.15. The molecule has 0 atom stereocenters. The Morgan fingerprint density at radius 3 is 2.53 bits per heavy atom. The summed E-state index contributed by atoms with van der Waals surface area (Å²) in [5.74, 6) is 0. The van der Waals surface area contributed by atoms with Gasteiger partial charge < -0.3 is 14.8 Å². The summed E-state index contributed by atoms with van der Waals surface area (Å²) >= 11 is 0. The minimum absolute atomic E-state index is 0.641. The van der Waals surface area contributed by atoms with E-state index in [-0.39, 0.29) is 0 Å². The van der Waals surface area contributed by atoms with Crippen molar-refractivity contribution in [3.63, 3.8) is 0 Å². The van der Waals surface area contributed by atoms with Gasteiger partial charge >= 0.3 is 0 Å². The molecule has 2 aromatic carbocycles. The number of nitriles is 1. The van der Waals surface area contributed by atoms with Gasteiger partial charge in [0, 0.05) is 30.6 Å². The topological polar surface area (TPSA) is 78.3 Å². The number of aldehydes is 1. The number of likely N-dealkylation sites (N-methyl/N-ethyl adjacent to an activating group) is 1. The number of rotatable bonds is 6. The number of aromatic nitrogens is 1. The lowest BCUT2D eigenvalue weighted by molar-refractivity contribution is -0.106. The number of benzene rings is 2. The van der Waals surface area contributed by atoms with Gasteiger partial charge in [-0.2, -0.15) is 5.26 Å². The van der Waals surface area contributed by atoms with Crippen molar-refractivity contribution in [3.8, 4) is 17.3 Å². The molecule has 4 rings (SSSR count). The van der Waals surface area contributed by atoms with Crippen molar-refractivity contribution in [1.82, 2.24) is 15.2 Å². The van der Waals surface area contributed by atoms with Gasteiger partial charge in [-0.1, -0.05) is 30.3 Å². The van der Waals surface area contributed by atoms with Crippen LogP contribution in [0.3, 0.4) is 0 Å². The lowest BCUT2D eigenvalue weighted by Crippen LogP contribution is -2.35. The number of ether oxygens (including phenoxy) is 1. The van der Waals surface area contributed by atoms with Crippen molar-refractivity contribution in [2.45, 2.75) is 19.9 Å². The molecule has 1 aromatic heterocycles. The van der Waals surface area contributed by atoms with E-state index >= 15 is 0 Å². The highest BCUT2D eigenvalue weighted by molar-refractivity contribution is 5.86. The van der Waals surface area contributed by atoms with Gasteiger partial charge in [-0.25, -0.2) is 4.98 Å². The summed E-state index contributed by atoms with van der Waals surface area (Å²) in [4.78, 5) is 16.1. The lowest BCUT2D eigenvalue weighted by Gasteiger charge is -2.27. The molecule has 6 heteroatoms. The van der Waals surface area contributed by atoms with Crippen molar-refractivity contribution >= 4 is 17.2 Å². The third kappa shape index (κ3) is 6.21. The number of nitrogens with one attached hydrogen (secondary N) is 1. The summed E-state index contributed by atoms with van der Waals surface area (Å²) in [7, 11) is 1.97. The van der Waals surface area contributed by atoms with Crippen LogP contribution in [0, 0.1) is 11.3 Å². The fraction of sp³-hybridized carbons (Fsp3) is 0.346. The van der Waals surface area contributed by atoms with Crippen LogP contribution in [0.2, 0.25) is 0 Å². The van der Waals surface area contributed by atoms with Gasteiger partial charge in [0.25, 0.3) is 0 Å². The molecule has 0 aliphatic carbocycles. The van der Waals surface area contributed by atoms with E-state index in [9.17, 15) is 5.26 Å². The number of morpholine rings is 1. The zero-order valence-electron chi connectivity index (χ0n) is 18.8. The Labute approximate surface area is 189 Å². The molecule has 0 saturated carbocycles. The van der Waals surface area contributed by atoms with E-state index < -0.39 is 0 Å². The molecule has 0 amide bonds. The number of carbonyl (C=O) groups is 1. The van der Waals surface area contributed by atoms with Gasteiger partial charge in [-0.15, -0.1) is 0 Å². The Morgan fingerprint density at radius 2 is 1.88 bits per heavy atom. The normalized spacial score (nSPS) is 13.8. The van der Waals surface area contributed by atoms with E-state index in [4.69, 9.17) is 14.5 Å². The molecule has 0 unspecified atom stereocenters. The van der Waals surface area contributed by atoms with Crippen molar-refractivity contribution in [2.24, 2.45) is 0 Å². The first kappa shape index (κ1) is 23.6. The summed E-state index contributed by atoms with van der Waals surface area (Å²) in [6, 6.07) is 18.9. The van der Waals surface area contributed by atoms with Crippen LogP contribution in [0.25, 0.3) is 22.2 Å². The van der Waals surface area contributed by atoms with E-state index in [0.717, 1.165) is 74.3 Å². The second-order valence-electron chi connectivity index (χ2n) is 7.69. The minimum Gasteiger partial charge on any atom is -0.379 e. The summed E-state index contributed by atoms with van der Waals surface area (Å²) in [6.45, 7) is 6.71. The third-order valence-corrected chi connectivity index (χ3v) is 5.44. The SMILES string of the molecule is CC=O.CNCCc1ccc(-c2cc(CN3CCOCC3)c3ccc(C#N)cc3n2)cc1. The predicted octanol–water partition coefficient (Wildman–Crippen LogP) is 3.57. The van der Waals surface area contributed by atoms with Gasteiger partial charge in [0.1, 0.15) is 6.29 Å². The molecule has 6 nitrogen and oxygen atoms in total. The Kier molecular flexibility index (Phi) is 8.88. The summed E-state index contributed by atoms with van der Waals surface area (Å²) in [5, 5.41) is 13.6. The maximum atomic E-state index is 9.31. The minimum atomic E-state index is 0.641. The second-order valence-corrected chi connectivity index (χ2v) is 7.69. The first-order valence-corrected chi connectivity index (χ1v) is 11.0. The second kappa shape index (κ2) is 12.1. The molecular weight excluding hydrogens is 400 g/mol. The van der Waals surface area contributed by atoms with E-state index in [0.29, 0.717) is 5.56 Å². The maximum absolute atomic E-state index is 9.31. The molecule has 1 fully saturated rings. The molecule has 166 valence electrons. The molecule has 0 spiro atoms. The zero-order chi connectivity index (χ0) is 22.8. The summed E-state index contributed by atoms with van der Waals surface area (Å²) < 4.78 is 5.49. The first-order valence-electron chi connectivity index (χ1n) is 11.0. The van der Waals surface area contributed by atoms with Crippen LogP contribution in [0.15, 0.2) is 48.5 Å². The van der Waals surface area contributed by atoms with Crippen molar-refractivity contribution in [1.29, 1.82) is 5.26 Å². The van der Waals surface area contributed by atoms with Gasteiger partial charge in [0.15, 0.2) is 0 Å². The number of nitrogens with zero attached hydrogens (tertiary/aromatic N) is 3. The van der Waals surface area contributed by atoms with Crippen LogP contribution in [0.4, 0.5) is 0 Å². The molecule has 1 aliphatic heterocycles. The van der Waals surface area contributed by atoms with Gasteiger partial charge in [0.2, 0.25) is 0 Å². The molecule has 1 aliphatic rings. The zero-order valence-corrected chi connectivity index (χ0v) is 18.8.